The first-order valence-corrected chi connectivity index (χ1v) is 8.50. The number of hydrogen-bond acceptors (Lipinski definition) is 5. The molecule has 1 heterocycles. The molecule has 2 amide bonds. The Balaban J connectivity index is 1.62. The molecular weight excluding hydrogens is 348 g/mol. The van der Waals surface area contributed by atoms with Gasteiger partial charge in [0.1, 0.15) is 5.56 Å². The summed E-state index contributed by atoms with van der Waals surface area (Å²) in [7, 11) is 0. The van der Waals surface area contributed by atoms with Gasteiger partial charge < -0.3 is 16.0 Å². The summed E-state index contributed by atoms with van der Waals surface area (Å²) in [5.74, 6) is -0.199. The highest BCUT2D eigenvalue weighted by Crippen LogP contribution is 2.37. The van der Waals surface area contributed by atoms with Crippen LogP contribution in [0.25, 0.3) is 0 Å². The number of nitro benzene ring substituents is 1. The molecule has 3 rings (SSSR count). The summed E-state index contributed by atoms with van der Waals surface area (Å²) in [5.41, 5.74) is 5.43. The van der Waals surface area contributed by atoms with Crippen molar-refractivity contribution < 1.29 is 14.5 Å². The zero-order valence-corrected chi connectivity index (χ0v) is 14.2. The number of nitrogens with two attached hydrogens (primary N) is 1. The Morgan fingerprint density at radius 3 is 2.80 bits per heavy atom. The van der Waals surface area contributed by atoms with E-state index in [4.69, 9.17) is 17.3 Å². The largest absolute Gasteiger partial charge is 0.343 e. The third-order valence-corrected chi connectivity index (χ3v) is 5.40. The number of benzene rings is 1. The number of carbonyl (C=O) groups is 2. The monoisotopic (exact) mass is 366 g/mol. The van der Waals surface area contributed by atoms with Crippen molar-refractivity contribution in [1.82, 2.24) is 10.2 Å². The third kappa shape index (κ3) is 3.45. The molecular formula is C16H19ClN4O4. The van der Waals surface area contributed by atoms with Gasteiger partial charge in [0.2, 0.25) is 5.91 Å². The van der Waals surface area contributed by atoms with E-state index in [1.165, 1.54) is 18.2 Å². The molecule has 0 aromatic heterocycles. The van der Waals surface area contributed by atoms with Gasteiger partial charge in [0.05, 0.1) is 16.5 Å². The van der Waals surface area contributed by atoms with Gasteiger partial charge in [0.15, 0.2) is 0 Å². The van der Waals surface area contributed by atoms with Crippen molar-refractivity contribution in [2.75, 3.05) is 19.6 Å². The molecule has 1 aromatic rings. The summed E-state index contributed by atoms with van der Waals surface area (Å²) in [6.45, 7) is 1.03. The molecule has 3 unspecified atom stereocenters. The van der Waals surface area contributed by atoms with E-state index < -0.39 is 10.8 Å². The number of nitrogens with one attached hydrogen (secondary N) is 1. The summed E-state index contributed by atoms with van der Waals surface area (Å²) < 4.78 is 0. The van der Waals surface area contributed by atoms with Crippen LogP contribution < -0.4 is 11.1 Å². The van der Waals surface area contributed by atoms with Gasteiger partial charge in [0.25, 0.3) is 11.6 Å². The number of likely N-dealkylation sites (tertiary alicyclic amines) is 1. The summed E-state index contributed by atoms with van der Waals surface area (Å²) >= 11 is 5.92. The van der Waals surface area contributed by atoms with Crippen LogP contribution in [0.3, 0.4) is 0 Å². The van der Waals surface area contributed by atoms with Gasteiger partial charge >= 0.3 is 0 Å². The lowest BCUT2D eigenvalue weighted by molar-refractivity contribution is -0.385. The van der Waals surface area contributed by atoms with Crippen LogP contribution >= 0.6 is 11.6 Å². The molecule has 0 spiro atoms. The van der Waals surface area contributed by atoms with E-state index in [0.29, 0.717) is 24.9 Å². The standard InChI is InChI=1S/C16H19ClN4O4/c17-11-2-1-3-13(21(24)25)15(11)16(23)19-6-14(22)20-7-9-4-5-12(18)10(9)8-20/h1-3,9-10,12H,4-8,18H2,(H,19,23). The van der Waals surface area contributed by atoms with Crippen LogP contribution in [-0.2, 0) is 4.79 Å². The maximum atomic E-state index is 12.3. The van der Waals surface area contributed by atoms with Gasteiger partial charge in [-0.2, -0.15) is 0 Å². The van der Waals surface area contributed by atoms with E-state index in [9.17, 15) is 19.7 Å². The Labute approximate surface area is 149 Å². The zero-order valence-electron chi connectivity index (χ0n) is 13.5. The number of fused-ring (bicyclic) bond motifs is 1. The van der Waals surface area contributed by atoms with E-state index in [1.807, 2.05) is 0 Å². The first kappa shape index (κ1) is 17.6. The van der Waals surface area contributed by atoms with Crippen LogP contribution in [0.2, 0.25) is 5.02 Å². The molecule has 2 fully saturated rings. The fourth-order valence-electron chi connectivity index (χ4n) is 3.76. The Bertz CT molecular complexity index is 726. The zero-order chi connectivity index (χ0) is 18.1. The summed E-state index contributed by atoms with van der Waals surface area (Å²) in [6, 6.07) is 4.12. The second kappa shape index (κ2) is 6.97. The summed E-state index contributed by atoms with van der Waals surface area (Å²) in [6.07, 6.45) is 2.01. The van der Waals surface area contributed by atoms with Crippen molar-refractivity contribution in [3.05, 3.63) is 38.9 Å². The smallest absolute Gasteiger partial charge is 0.283 e. The number of nitrogens with zero attached hydrogens (tertiary/aromatic N) is 2. The first-order valence-electron chi connectivity index (χ1n) is 8.13. The average Bonchev–Trinajstić information content (AvgIpc) is 3.14. The first-order chi connectivity index (χ1) is 11.9. The number of halogens is 1. The van der Waals surface area contributed by atoms with Crippen molar-refractivity contribution >= 4 is 29.1 Å². The number of hydrogen-bond donors (Lipinski definition) is 2. The van der Waals surface area contributed by atoms with Gasteiger partial charge in [-0.05, 0) is 30.7 Å². The SMILES string of the molecule is NC1CCC2CN(C(=O)CNC(=O)c3c(Cl)cccc3[N+](=O)[O-])CC12. The predicted octanol–water partition coefficient (Wildman–Crippen LogP) is 1.17. The molecule has 134 valence electrons. The molecule has 8 nitrogen and oxygen atoms in total. The lowest BCUT2D eigenvalue weighted by Crippen LogP contribution is -2.40. The quantitative estimate of drug-likeness (QED) is 0.612. The van der Waals surface area contributed by atoms with Crippen molar-refractivity contribution in [3.8, 4) is 0 Å². The van der Waals surface area contributed by atoms with E-state index in [-0.39, 0.29) is 34.8 Å². The molecule has 0 bridgehead atoms. The topological polar surface area (TPSA) is 119 Å². The average molecular weight is 367 g/mol. The summed E-state index contributed by atoms with van der Waals surface area (Å²) in [5, 5.41) is 13.5. The van der Waals surface area contributed by atoms with Crippen molar-refractivity contribution in [2.24, 2.45) is 17.6 Å². The van der Waals surface area contributed by atoms with E-state index in [0.717, 1.165) is 12.8 Å². The highest BCUT2D eigenvalue weighted by atomic mass is 35.5. The molecule has 3 atom stereocenters. The van der Waals surface area contributed by atoms with Crippen molar-refractivity contribution in [3.63, 3.8) is 0 Å². The van der Waals surface area contributed by atoms with Gasteiger partial charge in [-0.3, -0.25) is 19.7 Å². The number of carbonyl (C=O) groups excluding carboxylic acids is 2. The van der Waals surface area contributed by atoms with E-state index in [2.05, 4.69) is 5.32 Å². The molecule has 25 heavy (non-hydrogen) atoms. The van der Waals surface area contributed by atoms with Crippen LogP contribution in [0.5, 0.6) is 0 Å². The van der Waals surface area contributed by atoms with Gasteiger partial charge in [0, 0.05) is 25.2 Å². The molecule has 1 saturated carbocycles. The van der Waals surface area contributed by atoms with E-state index >= 15 is 0 Å². The number of nitro groups is 1. The van der Waals surface area contributed by atoms with Crippen LogP contribution in [0, 0.1) is 22.0 Å². The van der Waals surface area contributed by atoms with Crippen LogP contribution in [0.4, 0.5) is 5.69 Å². The van der Waals surface area contributed by atoms with Gasteiger partial charge in [-0.15, -0.1) is 0 Å². The molecule has 1 saturated heterocycles. The maximum absolute atomic E-state index is 12.3. The molecule has 0 radical (unpaired) electrons. The van der Waals surface area contributed by atoms with Crippen molar-refractivity contribution in [1.29, 1.82) is 0 Å². The molecule has 1 aromatic carbocycles. The normalized spacial score (nSPS) is 24.9. The Kier molecular flexibility index (Phi) is 4.91. The molecule has 1 aliphatic heterocycles. The van der Waals surface area contributed by atoms with Crippen molar-refractivity contribution in [2.45, 2.75) is 18.9 Å². The fraction of sp³-hybridized carbons (Fsp3) is 0.500. The minimum Gasteiger partial charge on any atom is -0.343 e. The summed E-state index contributed by atoms with van der Waals surface area (Å²) in [4.78, 5) is 36.7. The second-order valence-corrected chi connectivity index (χ2v) is 6.94. The lowest BCUT2D eigenvalue weighted by atomic mass is 9.98. The number of amides is 2. The second-order valence-electron chi connectivity index (χ2n) is 6.54. The van der Waals surface area contributed by atoms with Gasteiger partial charge in [-0.25, -0.2) is 0 Å². The Morgan fingerprint density at radius 1 is 1.36 bits per heavy atom. The van der Waals surface area contributed by atoms with Crippen LogP contribution in [0.1, 0.15) is 23.2 Å². The lowest BCUT2D eigenvalue weighted by Gasteiger charge is -2.19. The predicted molar refractivity (Wildman–Crippen MR) is 91.2 cm³/mol. The molecule has 9 heteroatoms. The Hall–Kier alpha value is -2.19. The molecule has 2 aliphatic rings. The highest BCUT2D eigenvalue weighted by Gasteiger charge is 2.42. The highest BCUT2D eigenvalue weighted by molar-refractivity contribution is 6.34. The molecule has 3 N–H and O–H groups in total. The molecule has 1 aliphatic carbocycles. The minimum absolute atomic E-state index is 0.0270. The van der Waals surface area contributed by atoms with Crippen LogP contribution in [0.15, 0.2) is 18.2 Å². The number of rotatable bonds is 4. The fourth-order valence-corrected chi connectivity index (χ4v) is 4.01. The van der Waals surface area contributed by atoms with Crippen LogP contribution in [-0.4, -0.2) is 47.3 Å². The Morgan fingerprint density at radius 2 is 2.12 bits per heavy atom. The maximum Gasteiger partial charge on any atom is 0.283 e. The van der Waals surface area contributed by atoms with E-state index in [1.54, 1.807) is 4.90 Å². The third-order valence-electron chi connectivity index (χ3n) is 5.08. The minimum atomic E-state index is -0.734. The van der Waals surface area contributed by atoms with Gasteiger partial charge in [-0.1, -0.05) is 17.7 Å².